The first kappa shape index (κ1) is 17.3. The van der Waals surface area contributed by atoms with E-state index in [1.165, 1.54) is 0 Å². The van der Waals surface area contributed by atoms with Gasteiger partial charge < -0.3 is 9.42 Å². The summed E-state index contributed by atoms with van der Waals surface area (Å²) >= 11 is 0. The van der Waals surface area contributed by atoms with Gasteiger partial charge in [0.15, 0.2) is 5.82 Å². The Kier molecular flexibility index (Phi) is 4.71. The third kappa shape index (κ3) is 3.21. The van der Waals surface area contributed by atoms with Crippen LogP contribution in [0.3, 0.4) is 0 Å². The van der Waals surface area contributed by atoms with E-state index in [1.54, 1.807) is 18.7 Å². The van der Waals surface area contributed by atoms with E-state index in [2.05, 4.69) is 20.1 Å². The molecule has 1 fully saturated rings. The van der Waals surface area contributed by atoms with Gasteiger partial charge in [0.2, 0.25) is 11.7 Å². The Bertz CT molecular complexity index is 761. The van der Waals surface area contributed by atoms with E-state index >= 15 is 0 Å². The fourth-order valence-electron chi connectivity index (χ4n) is 3.26. The summed E-state index contributed by atoms with van der Waals surface area (Å²) in [4.78, 5) is 19.7. The lowest BCUT2D eigenvalue weighted by Crippen LogP contribution is -2.48. The van der Waals surface area contributed by atoms with Crippen molar-refractivity contribution in [2.45, 2.75) is 33.2 Å². The van der Waals surface area contributed by atoms with Gasteiger partial charge in [0.1, 0.15) is 5.69 Å². The largest absolute Gasteiger partial charge is 0.349 e. The molecular weight excluding hydrogens is 326 g/mol. The summed E-state index contributed by atoms with van der Waals surface area (Å²) in [6.07, 6.45) is 0.744. The highest BCUT2D eigenvalue weighted by molar-refractivity contribution is 5.61. The molecule has 2 aromatic rings. The van der Waals surface area contributed by atoms with E-state index in [-0.39, 0.29) is 16.7 Å². The molecule has 1 atom stereocenters. The van der Waals surface area contributed by atoms with Crippen molar-refractivity contribution in [2.75, 3.05) is 31.1 Å². The molecule has 10 nitrogen and oxygen atoms in total. The molecule has 0 aromatic carbocycles. The average molecular weight is 349 g/mol. The standard InChI is InChI=1S/C15H23N7O3/c1-5-12-16-14(25-18-12)11(3)20-6-8-21(9-7-20)15-13(22(23)24)10(2)17-19(15)4/h11H,5-9H2,1-4H3. The molecule has 3 heterocycles. The summed E-state index contributed by atoms with van der Waals surface area (Å²) in [5, 5.41) is 19.5. The number of rotatable bonds is 5. The number of piperazine rings is 1. The molecule has 0 saturated carbocycles. The molecular formula is C15H23N7O3. The summed E-state index contributed by atoms with van der Waals surface area (Å²) in [5.74, 6) is 1.90. The molecule has 2 aromatic heterocycles. The SMILES string of the molecule is CCc1noc(C(C)N2CCN(c3c([N+](=O)[O-])c(C)nn3C)CC2)n1. The van der Waals surface area contributed by atoms with Crippen LogP contribution in [0.1, 0.15) is 37.3 Å². The van der Waals surface area contributed by atoms with E-state index in [9.17, 15) is 10.1 Å². The Morgan fingerprint density at radius 3 is 2.56 bits per heavy atom. The maximum Gasteiger partial charge on any atom is 0.333 e. The number of hydrogen-bond donors (Lipinski definition) is 0. The zero-order valence-corrected chi connectivity index (χ0v) is 15.0. The van der Waals surface area contributed by atoms with E-state index in [4.69, 9.17) is 4.52 Å². The van der Waals surface area contributed by atoms with Gasteiger partial charge in [0.25, 0.3) is 0 Å². The van der Waals surface area contributed by atoms with Gasteiger partial charge in [0, 0.05) is 39.6 Å². The quantitative estimate of drug-likeness (QED) is 0.590. The summed E-state index contributed by atoms with van der Waals surface area (Å²) in [6.45, 7) is 8.57. The van der Waals surface area contributed by atoms with Crippen molar-refractivity contribution < 1.29 is 9.45 Å². The van der Waals surface area contributed by atoms with Crippen molar-refractivity contribution in [2.24, 2.45) is 7.05 Å². The summed E-state index contributed by atoms with van der Waals surface area (Å²) in [6, 6.07) is 0.0261. The van der Waals surface area contributed by atoms with Crippen LogP contribution in [-0.2, 0) is 13.5 Å². The highest BCUT2D eigenvalue weighted by Gasteiger charge is 2.32. The molecule has 0 bridgehead atoms. The number of anilines is 1. The van der Waals surface area contributed by atoms with Crippen molar-refractivity contribution in [3.63, 3.8) is 0 Å². The number of aromatic nitrogens is 4. The van der Waals surface area contributed by atoms with E-state index < -0.39 is 0 Å². The van der Waals surface area contributed by atoms with Crippen LogP contribution >= 0.6 is 0 Å². The molecule has 0 radical (unpaired) electrons. The first-order valence-corrected chi connectivity index (χ1v) is 8.41. The van der Waals surface area contributed by atoms with E-state index in [0.717, 1.165) is 19.5 Å². The second kappa shape index (κ2) is 6.79. The van der Waals surface area contributed by atoms with Crippen molar-refractivity contribution in [3.8, 4) is 0 Å². The van der Waals surface area contributed by atoms with Crippen LogP contribution in [0.5, 0.6) is 0 Å². The van der Waals surface area contributed by atoms with Crippen LogP contribution in [0.4, 0.5) is 11.5 Å². The predicted octanol–water partition coefficient (Wildman–Crippen LogP) is 1.47. The number of hydrogen-bond acceptors (Lipinski definition) is 8. The van der Waals surface area contributed by atoms with Gasteiger partial charge in [-0.3, -0.25) is 15.0 Å². The lowest BCUT2D eigenvalue weighted by atomic mass is 10.2. The van der Waals surface area contributed by atoms with E-state index in [0.29, 0.717) is 36.3 Å². The topological polar surface area (TPSA) is 106 Å². The minimum Gasteiger partial charge on any atom is -0.349 e. The summed E-state index contributed by atoms with van der Waals surface area (Å²) in [7, 11) is 1.75. The molecule has 1 unspecified atom stereocenters. The van der Waals surface area contributed by atoms with Gasteiger partial charge in [0.05, 0.1) is 11.0 Å². The fourth-order valence-corrected chi connectivity index (χ4v) is 3.26. The minimum atomic E-state index is -0.350. The molecule has 25 heavy (non-hydrogen) atoms. The van der Waals surface area contributed by atoms with Crippen molar-refractivity contribution >= 4 is 11.5 Å². The molecule has 136 valence electrons. The van der Waals surface area contributed by atoms with Crippen molar-refractivity contribution in [1.82, 2.24) is 24.8 Å². The average Bonchev–Trinajstić information content (AvgIpc) is 3.18. The first-order valence-electron chi connectivity index (χ1n) is 8.41. The zero-order chi connectivity index (χ0) is 18.1. The Morgan fingerprint density at radius 2 is 2.00 bits per heavy atom. The maximum absolute atomic E-state index is 11.4. The molecule has 3 rings (SSSR count). The highest BCUT2D eigenvalue weighted by Crippen LogP contribution is 2.32. The van der Waals surface area contributed by atoms with Gasteiger partial charge in [-0.1, -0.05) is 12.1 Å². The van der Waals surface area contributed by atoms with Gasteiger partial charge in [-0.05, 0) is 13.8 Å². The number of nitrogens with zero attached hydrogens (tertiary/aromatic N) is 7. The lowest BCUT2D eigenvalue weighted by molar-refractivity contribution is -0.384. The number of aryl methyl sites for hydroxylation is 3. The molecule has 0 N–H and O–H groups in total. The van der Waals surface area contributed by atoms with Crippen LogP contribution in [-0.4, -0.2) is 55.9 Å². The van der Waals surface area contributed by atoms with Gasteiger partial charge >= 0.3 is 5.69 Å². The van der Waals surface area contributed by atoms with Gasteiger partial charge in [-0.2, -0.15) is 10.1 Å². The molecule has 0 spiro atoms. The van der Waals surface area contributed by atoms with Crippen molar-refractivity contribution in [3.05, 3.63) is 27.5 Å². The Balaban J connectivity index is 1.71. The third-order valence-electron chi connectivity index (χ3n) is 4.66. The molecule has 0 aliphatic carbocycles. The fraction of sp³-hybridized carbons (Fsp3) is 0.667. The monoisotopic (exact) mass is 349 g/mol. The first-order chi connectivity index (χ1) is 11.9. The van der Waals surface area contributed by atoms with Crippen LogP contribution in [0, 0.1) is 17.0 Å². The maximum atomic E-state index is 11.4. The van der Waals surface area contributed by atoms with Crippen LogP contribution in [0.25, 0.3) is 0 Å². The van der Waals surface area contributed by atoms with E-state index in [1.807, 2.05) is 18.7 Å². The smallest absolute Gasteiger partial charge is 0.333 e. The summed E-state index contributed by atoms with van der Waals surface area (Å²) in [5.41, 5.74) is 0.532. The Hall–Kier alpha value is -2.49. The second-order valence-electron chi connectivity index (χ2n) is 6.24. The van der Waals surface area contributed by atoms with Gasteiger partial charge in [-0.15, -0.1) is 0 Å². The lowest BCUT2D eigenvalue weighted by Gasteiger charge is -2.37. The van der Waals surface area contributed by atoms with Crippen LogP contribution < -0.4 is 4.90 Å². The van der Waals surface area contributed by atoms with Crippen LogP contribution in [0.15, 0.2) is 4.52 Å². The minimum absolute atomic E-state index is 0.0261. The number of nitro groups is 1. The Morgan fingerprint density at radius 1 is 1.32 bits per heavy atom. The molecule has 1 aliphatic rings. The van der Waals surface area contributed by atoms with Gasteiger partial charge in [-0.25, -0.2) is 4.68 Å². The van der Waals surface area contributed by atoms with Crippen molar-refractivity contribution in [1.29, 1.82) is 0 Å². The van der Waals surface area contributed by atoms with Crippen LogP contribution in [0.2, 0.25) is 0 Å². The molecule has 0 amide bonds. The Labute approximate surface area is 145 Å². The third-order valence-corrected chi connectivity index (χ3v) is 4.66. The summed E-state index contributed by atoms with van der Waals surface area (Å²) < 4.78 is 6.93. The predicted molar refractivity (Wildman–Crippen MR) is 90.5 cm³/mol. The zero-order valence-electron chi connectivity index (χ0n) is 15.0. The molecule has 10 heteroatoms. The highest BCUT2D eigenvalue weighted by atomic mass is 16.6. The molecule has 1 aliphatic heterocycles. The second-order valence-corrected chi connectivity index (χ2v) is 6.24. The normalized spacial score (nSPS) is 17.0. The molecule has 1 saturated heterocycles.